The zero-order valence-corrected chi connectivity index (χ0v) is 14.1. The summed E-state index contributed by atoms with van der Waals surface area (Å²) >= 11 is 0. The molecule has 4 heteroatoms. The molecule has 0 N–H and O–H groups in total. The monoisotopic (exact) mass is 329 g/mol. The van der Waals surface area contributed by atoms with E-state index in [0.29, 0.717) is 6.54 Å². The number of hydrogen-bond acceptors (Lipinski definition) is 2. The van der Waals surface area contributed by atoms with E-state index in [2.05, 4.69) is 25.1 Å². The summed E-state index contributed by atoms with van der Waals surface area (Å²) in [5.41, 5.74) is 5.11. The van der Waals surface area contributed by atoms with Crippen molar-refractivity contribution >= 4 is 5.52 Å². The lowest BCUT2D eigenvalue weighted by atomic mass is 10.0. The fourth-order valence-corrected chi connectivity index (χ4v) is 3.18. The Labute approximate surface area is 146 Å². The molecule has 4 nitrogen and oxygen atoms in total. The van der Waals surface area contributed by atoms with Crippen molar-refractivity contribution in [3.8, 4) is 22.4 Å². The molecule has 3 aromatic heterocycles. The van der Waals surface area contributed by atoms with E-state index in [1.54, 1.807) is 10.6 Å². The van der Waals surface area contributed by atoms with Crippen molar-refractivity contribution < 1.29 is 0 Å². The van der Waals surface area contributed by atoms with E-state index in [9.17, 15) is 4.79 Å². The Balaban J connectivity index is 2.01. The van der Waals surface area contributed by atoms with Crippen LogP contribution >= 0.6 is 0 Å². The molecule has 1 aromatic carbocycles. The molecule has 0 atom stereocenters. The summed E-state index contributed by atoms with van der Waals surface area (Å²) in [6.07, 6.45) is 4.82. The largest absolute Gasteiger partial charge is 0.315 e. The molecule has 0 aliphatic heterocycles. The normalized spacial score (nSPS) is 11.1. The zero-order chi connectivity index (χ0) is 17.2. The van der Waals surface area contributed by atoms with E-state index >= 15 is 0 Å². The van der Waals surface area contributed by atoms with Crippen LogP contribution in [0.5, 0.6) is 0 Å². The van der Waals surface area contributed by atoms with Crippen molar-refractivity contribution in [1.29, 1.82) is 0 Å². The number of fused-ring (bicyclic) bond motifs is 1. The second kappa shape index (κ2) is 6.40. The molecule has 0 fully saturated rings. The molecule has 0 amide bonds. The minimum absolute atomic E-state index is 0.0309. The third-order valence-corrected chi connectivity index (χ3v) is 4.32. The van der Waals surface area contributed by atoms with Crippen molar-refractivity contribution in [1.82, 2.24) is 14.2 Å². The van der Waals surface area contributed by atoms with E-state index in [1.807, 2.05) is 53.3 Å². The van der Waals surface area contributed by atoms with E-state index < -0.39 is 0 Å². The van der Waals surface area contributed by atoms with Gasteiger partial charge >= 0.3 is 0 Å². The van der Waals surface area contributed by atoms with Gasteiger partial charge in [0.2, 0.25) is 0 Å². The topological polar surface area (TPSA) is 39.3 Å². The highest BCUT2D eigenvalue weighted by Gasteiger charge is 2.16. The first-order chi connectivity index (χ1) is 12.3. The Morgan fingerprint density at radius 2 is 1.72 bits per heavy atom. The molecule has 0 spiro atoms. The zero-order valence-electron chi connectivity index (χ0n) is 14.1. The van der Waals surface area contributed by atoms with Gasteiger partial charge in [-0.2, -0.15) is 5.10 Å². The summed E-state index contributed by atoms with van der Waals surface area (Å²) in [5.74, 6) is 0. The molecular weight excluding hydrogens is 310 g/mol. The molecule has 0 saturated carbocycles. The molecule has 0 bridgehead atoms. The third-order valence-electron chi connectivity index (χ3n) is 4.32. The molecule has 124 valence electrons. The predicted molar refractivity (Wildman–Crippen MR) is 101 cm³/mol. The van der Waals surface area contributed by atoms with Gasteiger partial charge in [-0.3, -0.25) is 4.79 Å². The first-order valence-corrected chi connectivity index (χ1v) is 8.51. The molecule has 25 heavy (non-hydrogen) atoms. The highest BCUT2D eigenvalue weighted by atomic mass is 16.1. The number of aromatic nitrogens is 3. The van der Waals surface area contributed by atoms with Gasteiger partial charge in [-0.1, -0.05) is 43.3 Å². The second-order valence-corrected chi connectivity index (χ2v) is 6.07. The summed E-state index contributed by atoms with van der Waals surface area (Å²) in [6, 6.07) is 19.7. The Hall–Kier alpha value is -3.14. The number of aryl methyl sites for hydroxylation is 1. The number of rotatable bonds is 4. The van der Waals surface area contributed by atoms with Gasteiger partial charge in [-0.05, 0) is 24.6 Å². The van der Waals surface area contributed by atoms with Gasteiger partial charge in [-0.25, -0.2) is 4.52 Å². The molecule has 3 heterocycles. The Kier molecular flexibility index (Phi) is 3.94. The van der Waals surface area contributed by atoms with Crippen LogP contribution in [0.3, 0.4) is 0 Å². The molecule has 0 saturated heterocycles. The Bertz CT molecular complexity index is 1080. The van der Waals surface area contributed by atoms with Crippen molar-refractivity contribution in [3.05, 3.63) is 83.4 Å². The highest BCUT2D eigenvalue weighted by Crippen LogP contribution is 2.34. The molecule has 4 rings (SSSR count). The lowest BCUT2D eigenvalue weighted by molar-refractivity contribution is 0.655. The molecule has 0 aliphatic rings. The van der Waals surface area contributed by atoms with Crippen LogP contribution in [0.2, 0.25) is 0 Å². The summed E-state index contributed by atoms with van der Waals surface area (Å²) in [5, 5.41) is 4.79. The first kappa shape index (κ1) is 15.4. The van der Waals surface area contributed by atoms with Gasteiger partial charge in [0.05, 0.1) is 5.52 Å². The van der Waals surface area contributed by atoms with Crippen LogP contribution in [0.25, 0.3) is 27.9 Å². The van der Waals surface area contributed by atoms with Crippen LogP contribution in [0, 0.1) is 0 Å². The second-order valence-electron chi connectivity index (χ2n) is 6.07. The lowest BCUT2D eigenvalue weighted by Crippen LogP contribution is -2.18. The molecular formula is C21H19N3O. The maximum Gasteiger partial charge on any atom is 0.250 e. The fraction of sp³-hybridized carbons (Fsp3) is 0.143. The molecule has 0 radical (unpaired) electrons. The maximum atomic E-state index is 12.1. The highest BCUT2D eigenvalue weighted by molar-refractivity contribution is 5.91. The van der Waals surface area contributed by atoms with E-state index in [4.69, 9.17) is 5.10 Å². The SMILES string of the molecule is CCCn1cc(-c2c(-c3ccccc3)nn3ccccc23)ccc1=O. The standard InChI is InChI=1S/C21H19N3O/c1-2-13-23-15-17(11-12-19(23)25)20-18-10-6-7-14-24(18)22-21(20)16-8-4-3-5-9-16/h3-12,14-15H,2,13H2,1H3. The smallest absolute Gasteiger partial charge is 0.250 e. The van der Waals surface area contributed by atoms with E-state index in [-0.39, 0.29) is 5.56 Å². The van der Waals surface area contributed by atoms with E-state index in [0.717, 1.165) is 34.3 Å². The van der Waals surface area contributed by atoms with Crippen LogP contribution in [0.1, 0.15) is 13.3 Å². The van der Waals surface area contributed by atoms with Gasteiger partial charge < -0.3 is 4.57 Å². The summed E-state index contributed by atoms with van der Waals surface area (Å²) in [4.78, 5) is 12.1. The Morgan fingerprint density at radius 1 is 0.920 bits per heavy atom. The van der Waals surface area contributed by atoms with Crippen molar-refractivity contribution in [2.45, 2.75) is 19.9 Å². The summed E-state index contributed by atoms with van der Waals surface area (Å²) < 4.78 is 3.67. The van der Waals surface area contributed by atoms with Gasteiger partial charge in [0.15, 0.2) is 0 Å². The Morgan fingerprint density at radius 3 is 2.52 bits per heavy atom. The number of hydrogen-bond donors (Lipinski definition) is 0. The van der Waals surface area contributed by atoms with Crippen LogP contribution in [-0.4, -0.2) is 14.2 Å². The number of benzene rings is 1. The van der Waals surface area contributed by atoms with Crippen LogP contribution < -0.4 is 5.56 Å². The predicted octanol–water partition coefficient (Wildman–Crippen LogP) is 4.24. The molecule has 0 aliphatic carbocycles. The quantitative estimate of drug-likeness (QED) is 0.562. The average Bonchev–Trinajstić information content (AvgIpc) is 3.04. The van der Waals surface area contributed by atoms with E-state index in [1.165, 1.54) is 0 Å². The average molecular weight is 329 g/mol. The van der Waals surface area contributed by atoms with Crippen LogP contribution in [0.15, 0.2) is 77.9 Å². The minimum Gasteiger partial charge on any atom is -0.315 e. The summed E-state index contributed by atoms with van der Waals surface area (Å²) in [6.45, 7) is 2.79. The third kappa shape index (κ3) is 2.76. The fourth-order valence-electron chi connectivity index (χ4n) is 3.18. The minimum atomic E-state index is 0.0309. The number of pyridine rings is 2. The first-order valence-electron chi connectivity index (χ1n) is 8.51. The van der Waals surface area contributed by atoms with Crippen molar-refractivity contribution in [3.63, 3.8) is 0 Å². The van der Waals surface area contributed by atoms with Crippen LogP contribution in [0.4, 0.5) is 0 Å². The van der Waals surface area contributed by atoms with Gasteiger partial charge in [-0.15, -0.1) is 0 Å². The number of nitrogens with zero attached hydrogens (tertiary/aromatic N) is 3. The summed E-state index contributed by atoms with van der Waals surface area (Å²) in [7, 11) is 0. The van der Waals surface area contributed by atoms with Gasteiger partial charge in [0, 0.05) is 41.7 Å². The van der Waals surface area contributed by atoms with Crippen LogP contribution in [-0.2, 0) is 6.54 Å². The molecule has 4 aromatic rings. The van der Waals surface area contributed by atoms with Crippen molar-refractivity contribution in [2.75, 3.05) is 0 Å². The molecule has 0 unspecified atom stereocenters. The maximum absolute atomic E-state index is 12.1. The lowest BCUT2D eigenvalue weighted by Gasteiger charge is -2.08. The van der Waals surface area contributed by atoms with Crippen molar-refractivity contribution in [2.24, 2.45) is 0 Å². The van der Waals surface area contributed by atoms with Gasteiger partial charge in [0.25, 0.3) is 5.56 Å². The van der Waals surface area contributed by atoms with Gasteiger partial charge in [0.1, 0.15) is 5.69 Å².